The Hall–Kier alpha value is -1.03. The van der Waals surface area contributed by atoms with E-state index in [1.165, 1.54) is 36.6 Å². The zero-order valence-corrected chi connectivity index (χ0v) is 12.2. The summed E-state index contributed by atoms with van der Waals surface area (Å²) < 4.78 is 1.53. The van der Waals surface area contributed by atoms with Gasteiger partial charge in [0.2, 0.25) is 0 Å². The van der Waals surface area contributed by atoms with Gasteiger partial charge in [-0.05, 0) is 43.9 Å². The lowest BCUT2D eigenvalue weighted by Crippen LogP contribution is -2.40. The van der Waals surface area contributed by atoms with Gasteiger partial charge in [-0.2, -0.15) is 5.10 Å². The SMILES string of the molecule is C[C@@H](NC(=O)c1c(Cl)cnn1C)[C@@H]1C[C@H]2CC[C@H]1C2. The molecular formula is C14H20ClN3O. The van der Waals surface area contributed by atoms with Crippen molar-refractivity contribution in [2.45, 2.75) is 38.6 Å². The van der Waals surface area contributed by atoms with Crippen LogP contribution in [0.5, 0.6) is 0 Å². The largest absolute Gasteiger partial charge is 0.348 e. The number of amides is 1. The van der Waals surface area contributed by atoms with Crippen molar-refractivity contribution in [3.8, 4) is 0 Å². The van der Waals surface area contributed by atoms with Gasteiger partial charge in [-0.25, -0.2) is 0 Å². The first-order valence-electron chi connectivity index (χ1n) is 7.04. The van der Waals surface area contributed by atoms with E-state index in [2.05, 4.69) is 17.3 Å². The van der Waals surface area contributed by atoms with Crippen LogP contribution in [0.25, 0.3) is 0 Å². The standard InChI is InChI=1S/C14H20ClN3O/c1-8(11-6-9-3-4-10(11)5-9)17-14(19)13-12(15)7-16-18(13)2/h7-11H,3-6H2,1-2H3,(H,17,19)/t8-,9+,10+,11+/m1/s1. The zero-order valence-electron chi connectivity index (χ0n) is 11.4. The quantitative estimate of drug-likeness (QED) is 0.926. The first-order valence-corrected chi connectivity index (χ1v) is 7.42. The molecule has 1 aromatic heterocycles. The van der Waals surface area contributed by atoms with Gasteiger partial charge in [-0.1, -0.05) is 18.0 Å². The predicted octanol–water partition coefficient (Wildman–Crippen LogP) is 2.63. The van der Waals surface area contributed by atoms with Crippen LogP contribution in [-0.4, -0.2) is 21.7 Å². The first-order chi connectivity index (χ1) is 9.06. The fourth-order valence-corrected chi connectivity index (χ4v) is 4.21. The van der Waals surface area contributed by atoms with Gasteiger partial charge in [-0.15, -0.1) is 0 Å². The van der Waals surface area contributed by atoms with E-state index in [1.807, 2.05) is 0 Å². The molecule has 1 heterocycles. The lowest BCUT2D eigenvalue weighted by atomic mass is 9.84. The van der Waals surface area contributed by atoms with E-state index < -0.39 is 0 Å². The highest BCUT2D eigenvalue weighted by molar-refractivity contribution is 6.33. The van der Waals surface area contributed by atoms with Gasteiger partial charge in [0, 0.05) is 13.1 Å². The number of aryl methyl sites for hydroxylation is 1. The number of halogens is 1. The zero-order chi connectivity index (χ0) is 13.6. The van der Waals surface area contributed by atoms with Gasteiger partial charge >= 0.3 is 0 Å². The molecule has 4 atom stereocenters. The highest BCUT2D eigenvalue weighted by Crippen LogP contribution is 2.49. The van der Waals surface area contributed by atoms with Crippen LogP contribution >= 0.6 is 11.6 Å². The minimum atomic E-state index is -0.111. The average Bonchev–Trinajstić information content (AvgIpc) is 3.05. The summed E-state index contributed by atoms with van der Waals surface area (Å²) in [5, 5.41) is 7.53. The van der Waals surface area contributed by atoms with E-state index in [1.54, 1.807) is 7.05 Å². The lowest BCUT2D eigenvalue weighted by molar-refractivity contribution is 0.0906. The molecule has 0 unspecified atom stereocenters. The van der Waals surface area contributed by atoms with E-state index in [9.17, 15) is 4.79 Å². The van der Waals surface area contributed by atoms with Crippen LogP contribution in [0.3, 0.4) is 0 Å². The normalized spacial score (nSPS) is 30.6. The van der Waals surface area contributed by atoms with E-state index >= 15 is 0 Å². The molecule has 0 saturated heterocycles. The van der Waals surface area contributed by atoms with Crippen LogP contribution in [0.2, 0.25) is 5.02 Å². The second-order valence-corrected chi connectivity index (χ2v) is 6.47. The van der Waals surface area contributed by atoms with Gasteiger partial charge in [0.05, 0.1) is 11.2 Å². The second kappa shape index (κ2) is 4.82. The molecule has 2 saturated carbocycles. The third-order valence-corrected chi connectivity index (χ3v) is 5.18. The molecule has 2 aliphatic rings. The van der Waals surface area contributed by atoms with Gasteiger partial charge in [0.15, 0.2) is 0 Å². The molecule has 0 radical (unpaired) electrons. The maximum absolute atomic E-state index is 12.3. The Kier molecular flexibility index (Phi) is 3.29. The number of hydrogen-bond acceptors (Lipinski definition) is 2. The smallest absolute Gasteiger partial charge is 0.271 e. The minimum absolute atomic E-state index is 0.111. The van der Waals surface area contributed by atoms with E-state index in [-0.39, 0.29) is 11.9 Å². The maximum Gasteiger partial charge on any atom is 0.271 e. The molecule has 4 nitrogen and oxygen atoms in total. The van der Waals surface area contributed by atoms with Crippen molar-refractivity contribution < 1.29 is 4.79 Å². The van der Waals surface area contributed by atoms with Crippen molar-refractivity contribution in [3.63, 3.8) is 0 Å². The van der Waals surface area contributed by atoms with E-state index in [4.69, 9.17) is 11.6 Å². The third-order valence-electron chi connectivity index (χ3n) is 4.90. The molecule has 3 rings (SSSR count). The Morgan fingerprint density at radius 1 is 1.53 bits per heavy atom. The van der Waals surface area contributed by atoms with Crippen LogP contribution in [-0.2, 0) is 7.05 Å². The van der Waals surface area contributed by atoms with Gasteiger partial charge in [0.1, 0.15) is 5.69 Å². The molecule has 0 aromatic carbocycles. The lowest BCUT2D eigenvalue weighted by Gasteiger charge is -2.28. The van der Waals surface area contributed by atoms with Crippen molar-refractivity contribution >= 4 is 17.5 Å². The van der Waals surface area contributed by atoms with Crippen LogP contribution < -0.4 is 5.32 Å². The molecule has 2 aliphatic carbocycles. The Bertz CT molecular complexity index is 479. The van der Waals surface area contributed by atoms with Crippen molar-refractivity contribution in [2.75, 3.05) is 0 Å². The van der Waals surface area contributed by atoms with E-state index in [0.29, 0.717) is 16.6 Å². The predicted molar refractivity (Wildman–Crippen MR) is 74.1 cm³/mol. The number of fused-ring (bicyclic) bond motifs is 2. The Labute approximate surface area is 118 Å². The summed E-state index contributed by atoms with van der Waals surface area (Å²) in [4.78, 5) is 12.3. The number of carbonyl (C=O) groups is 1. The number of aromatic nitrogens is 2. The van der Waals surface area contributed by atoms with Gasteiger partial charge in [-0.3, -0.25) is 9.48 Å². The van der Waals surface area contributed by atoms with Crippen molar-refractivity contribution in [2.24, 2.45) is 24.8 Å². The second-order valence-electron chi connectivity index (χ2n) is 6.07. The summed E-state index contributed by atoms with van der Waals surface area (Å²) in [7, 11) is 1.74. The van der Waals surface area contributed by atoms with Crippen LogP contribution in [0.4, 0.5) is 0 Å². The summed E-state index contributed by atoms with van der Waals surface area (Å²) in [6.45, 7) is 2.12. The summed E-state index contributed by atoms with van der Waals surface area (Å²) in [6.07, 6.45) is 6.86. The van der Waals surface area contributed by atoms with Crippen molar-refractivity contribution in [1.29, 1.82) is 0 Å². The molecule has 19 heavy (non-hydrogen) atoms. The topological polar surface area (TPSA) is 46.9 Å². The fraction of sp³-hybridized carbons (Fsp3) is 0.714. The van der Waals surface area contributed by atoms with Crippen LogP contribution in [0.15, 0.2) is 6.20 Å². The Morgan fingerprint density at radius 3 is 2.84 bits per heavy atom. The highest BCUT2D eigenvalue weighted by atomic mass is 35.5. The van der Waals surface area contributed by atoms with Crippen LogP contribution in [0.1, 0.15) is 43.1 Å². The molecule has 0 spiro atoms. The molecule has 1 amide bonds. The van der Waals surface area contributed by atoms with Crippen molar-refractivity contribution in [1.82, 2.24) is 15.1 Å². The molecule has 2 bridgehead atoms. The molecule has 1 N–H and O–H groups in total. The molecule has 104 valence electrons. The number of hydrogen-bond donors (Lipinski definition) is 1. The first kappa shape index (κ1) is 13.0. The van der Waals surface area contributed by atoms with Crippen molar-refractivity contribution in [3.05, 3.63) is 16.9 Å². The Balaban J connectivity index is 1.67. The average molecular weight is 282 g/mol. The molecule has 1 aromatic rings. The maximum atomic E-state index is 12.3. The minimum Gasteiger partial charge on any atom is -0.348 e. The Morgan fingerprint density at radius 2 is 2.32 bits per heavy atom. The van der Waals surface area contributed by atoms with E-state index in [0.717, 1.165) is 11.8 Å². The summed E-state index contributed by atoms with van der Waals surface area (Å²) in [6, 6.07) is 0.216. The summed E-state index contributed by atoms with van der Waals surface area (Å²) in [5.41, 5.74) is 0.455. The molecular weight excluding hydrogens is 262 g/mol. The molecule has 5 heteroatoms. The monoisotopic (exact) mass is 281 g/mol. The van der Waals surface area contributed by atoms with Gasteiger partial charge < -0.3 is 5.32 Å². The summed E-state index contributed by atoms with van der Waals surface area (Å²) >= 11 is 6.00. The van der Waals surface area contributed by atoms with Crippen LogP contribution in [0, 0.1) is 17.8 Å². The number of nitrogens with one attached hydrogen (secondary N) is 1. The fourth-order valence-electron chi connectivity index (χ4n) is 3.95. The molecule has 0 aliphatic heterocycles. The highest BCUT2D eigenvalue weighted by Gasteiger charge is 2.42. The number of rotatable bonds is 3. The third kappa shape index (κ3) is 2.27. The molecule has 2 fully saturated rings. The van der Waals surface area contributed by atoms with Gasteiger partial charge in [0.25, 0.3) is 5.91 Å². The number of nitrogens with zero attached hydrogens (tertiary/aromatic N) is 2. The number of carbonyl (C=O) groups excluding carboxylic acids is 1. The summed E-state index contributed by atoms with van der Waals surface area (Å²) in [5.74, 6) is 2.23.